The monoisotopic (exact) mass is 664 g/mol. The van der Waals surface area contributed by atoms with Gasteiger partial charge in [-0.05, 0) is 12.8 Å². The molecule has 0 aromatic heterocycles. The van der Waals surface area contributed by atoms with Crippen molar-refractivity contribution in [3.8, 4) is 0 Å². The molecule has 2 atom stereocenters. The van der Waals surface area contributed by atoms with Gasteiger partial charge in [0.15, 0.2) is 0 Å². The predicted octanol–water partition coefficient (Wildman–Crippen LogP) is 10.9. The quantitative estimate of drug-likeness (QED) is 0.0385. The van der Waals surface area contributed by atoms with E-state index in [2.05, 4.69) is 13.8 Å². The number of aliphatic hydroxyl groups is 2. The molecule has 0 fully saturated rings. The summed E-state index contributed by atoms with van der Waals surface area (Å²) in [5.74, 6) is 0. The molecule has 0 rings (SSSR count). The third-order valence-corrected chi connectivity index (χ3v) is 10.3. The molecular formula is C37H78NO6P. The second-order valence-corrected chi connectivity index (χ2v) is 15.2. The normalized spacial score (nSPS) is 14.2. The van der Waals surface area contributed by atoms with Crippen LogP contribution in [0.5, 0.6) is 0 Å². The maximum absolute atomic E-state index is 12.1. The Morgan fingerprint density at radius 1 is 0.556 bits per heavy atom. The molecular weight excluding hydrogens is 585 g/mol. The first-order chi connectivity index (χ1) is 21.8. The van der Waals surface area contributed by atoms with Crippen LogP contribution in [-0.4, -0.2) is 46.6 Å². The molecule has 0 aliphatic heterocycles. The Hall–Kier alpha value is -0.0100. The fraction of sp³-hybridized carbons (Fsp3) is 1.00. The Labute approximate surface area is 279 Å². The highest BCUT2D eigenvalue weighted by Gasteiger charge is 2.36. The summed E-state index contributed by atoms with van der Waals surface area (Å²) in [4.78, 5) is 9.84. The van der Waals surface area contributed by atoms with Gasteiger partial charge in [0.05, 0.1) is 18.8 Å². The summed E-state index contributed by atoms with van der Waals surface area (Å²) >= 11 is 0. The van der Waals surface area contributed by atoms with Crippen LogP contribution in [0.4, 0.5) is 0 Å². The lowest BCUT2D eigenvalue weighted by molar-refractivity contribution is -0.105. The number of hydrogen-bond donors (Lipinski definition) is 4. The van der Waals surface area contributed by atoms with E-state index < -0.39 is 26.1 Å². The molecule has 0 spiro atoms. The van der Waals surface area contributed by atoms with Crippen molar-refractivity contribution >= 4 is 7.82 Å². The van der Waals surface area contributed by atoms with Gasteiger partial charge in [-0.15, -0.1) is 0 Å². The summed E-state index contributed by atoms with van der Waals surface area (Å²) in [6.07, 6.45) is 35.1. The smallest absolute Gasteiger partial charge is 0.388 e. The van der Waals surface area contributed by atoms with Crippen LogP contribution >= 0.6 is 7.82 Å². The highest BCUT2D eigenvalue weighted by Crippen LogP contribution is 2.43. The maximum Gasteiger partial charge on any atom is 0.472 e. The maximum atomic E-state index is 12.1. The van der Waals surface area contributed by atoms with Crippen molar-refractivity contribution in [2.24, 2.45) is 5.73 Å². The van der Waals surface area contributed by atoms with Crippen LogP contribution in [0, 0.1) is 0 Å². The van der Waals surface area contributed by atoms with Crippen LogP contribution < -0.4 is 5.73 Å². The Bertz CT molecular complexity index is 620. The van der Waals surface area contributed by atoms with E-state index in [1.807, 2.05) is 0 Å². The highest BCUT2D eigenvalue weighted by atomic mass is 31.2. The number of rotatable bonds is 37. The van der Waals surface area contributed by atoms with E-state index in [0.717, 1.165) is 38.5 Å². The number of unbranched alkanes of at least 4 members (excludes halogenated alkanes) is 26. The minimum absolute atomic E-state index is 0.0959. The molecule has 0 saturated heterocycles. The molecule has 0 aliphatic rings. The number of hydrogen-bond acceptors (Lipinski definition) is 6. The summed E-state index contributed by atoms with van der Waals surface area (Å²) in [6, 6.07) is 0. The fourth-order valence-electron chi connectivity index (χ4n) is 6.23. The lowest BCUT2D eigenvalue weighted by Crippen LogP contribution is -2.45. The molecule has 1 unspecified atom stereocenters. The Kier molecular flexibility index (Phi) is 32.5. The largest absolute Gasteiger partial charge is 0.472 e. The molecule has 45 heavy (non-hydrogen) atoms. The van der Waals surface area contributed by atoms with Gasteiger partial charge >= 0.3 is 7.82 Å². The van der Waals surface area contributed by atoms with Crippen molar-refractivity contribution in [3.05, 3.63) is 0 Å². The number of phosphoric ester groups is 1. The Balaban J connectivity index is 4.27. The highest BCUT2D eigenvalue weighted by molar-refractivity contribution is 7.47. The second kappa shape index (κ2) is 32.5. The molecule has 0 aromatic rings. The van der Waals surface area contributed by atoms with Gasteiger partial charge in [-0.3, -0.25) is 9.05 Å². The van der Waals surface area contributed by atoms with Gasteiger partial charge in [0.25, 0.3) is 0 Å². The molecule has 8 heteroatoms. The van der Waals surface area contributed by atoms with Gasteiger partial charge < -0.3 is 20.8 Å². The zero-order valence-electron chi connectivity index (χ0n) is 30.0. The van der Waals surface area contributed by atoms with Crippen LogP contribution in [0.1, 0.15) is 206 Å². The van der Waals surface area contributed by atoms with Gasteiger partial charge in [-0.25, -0.2) is 4.57 Å². The van der Waals surface area contributed by atoms with Crippen molar-refractivity contribution in [1.82, 2.24) is 0 Å². The van der Waals surface area contributed by atoms with E-state index in [9.17, 15) is 19.7 Å². The van der Waals surface area contributed by atoms with Gasteiger partial charge in [0.1, 0.15) is 6.10 Å². The van der Waals surface area contributed by atoms with Crippen LogP contribution in [0.3, 0.4) is 0 Å². The summed E-state index contributed by atoms with van der Waals surface area (Å²) in [7, 11) is -4.31. The standard InChI is InChI=1S/C37H78NO6P/c1-3-5-7-9-11-13-15-17-19-21-23-25-27-29-31-37(40,36(39)35-44-45(41,42)43-34-33-38)32-30-28-26-24-22-20-18-16-14-12-10-8-6-4-2/h36,39-40H,3-35,38H2,1-2H3,(H,41,42)/t36-/m0/s1. The molecule has 0 saturated carbocycles. The lowest BCUT2D eigenvalue weighted by Gasteiger charge is -2.33. The van der Waals surface area contributed by atoms with Crippen molar-refractivity contribution in [1.29, 1.82) is 0 Å². The minimum Gasteiger partial charge on any atom is -0.388 e. The van der Waals surface area contributed by atoms with Crippen LogP contribution in [0.25, 0.3) is 0 Å². The molecule has 7 nitrogen and oxygen atoms in total. The van der Waals surface area contributed by atoms with E-state index in [1.165, 1.54) is 141 Å². The third kappa shape index (κ3) is 29.8. The molecule has 0 amide bonds. The summed E-state index contributed by atoms with van der Waals surface area (Å²) in [5, 5.41) is 22.4. The third-order valence-electron chi connectivity index (χ3n) is 9.31. The topological polar surface area (TPSA) is 122 Å². The molecule has 0 bridgehead atoms. The SMILES string of the molecule is CCCCCCCCCCCCCCCCC(O)(CCCCCCCCCCCCCCCC)[C@@H](O)COP(=O)(O)OCCN. The van der Waals surface area contributed by atoms with E-state index in [1.54, 1.807) is 0 Å². The molecule has 0 heterocycles. The van der Waals surface area contributed by atoms with E-state index >= 15 is 0 Å². The zero-order valence-corrected chi connectivity index (χ0v) is 30.9. The lowest BCUT2D eigenvalue weighted by atomic mass is 9.85. The molecule has 0 aromatic carbocycles. The van der Waals surface area contributed by atoms with Gasteiger partial charge in [-0.2, -0.15) is 0 Å². The van der Waals surface area contributed by atoms with Crippen LogP contribution in [0.15, 0.2) is 0 Å². The minimum atomic E-state index is -4.31. The average Bonchev–Trinajstić information content (AvgIpc) is 3.03. The predicted molar refractivity (Wildman–Crippen MR) is 192 cm³/mol. The van der Waals surface area contributed by atoms with Gasteiger partial charge in [-0.1, -0.05) is 194 Å². The van der Waals surface area contributed by atoms with Gasteiger partial charge in [0, 0.05) is 6.54 Å². The van der Waals surface area contributed by atoms with E-state index in [0.29, 0.717) is 12.8 Å². The number of phosphoric acid groups is 1. The first-order valence-electron chi connectivity index (χ1n) is 19.5. The number of aliphatic hydroxyl groups excluding tert-OH is 1. The van der Waals surface area contributed by atoms with Crippen molar-refractivity contribution < 1.29 is 28.7 Å². The summed E-state index contributed by atoms with van der Waals surface area (Å²) < 4.78 is 21.9. The summed E-state index contributed by atoms with van der Waals surface area (Å²) in [5.41, 5.74) is 4.02. The fourth-order valence-corrected chi connectivity index (χ4v) is 6.98. The summed E-state index contributed by atoms with van der Waals surface area (Å²) in [6.45, 7) is 4.08. The van der Waals surface area contributed by atoms with Crippen molar-refractivity contribution in [3.63, 3.8) is 0 Å². The van der Waals surface area contributed by atoms with Gasteiger partial charge in [0.2, 0.25) is 0 Å². The van der Waals surface area contributed by atoms with Crippen LogP contribution in [0.2, 0.25) is 0 Å². The molecule has 0 aliphatic carbocycles. The molecule has 272 valence electrons. The molecule has 0 radical (unpaired) electrons. The van der Waals surface area contributed by atoms with Crippen LogP contribution in [-0.2, 0) is 13.6 Å². The molecule has 5 N–H and O–H groups in total. The van der Waals surface area contributed by atoms with Crippen molar-refractivity contribution in [2.45, 2.75) is 218 Å². The van der Waals surface area contributed by atoms with E-state index in [4.69, 9.17) is 14.8 Å². The van der Waals surface area contributed by atoms with Crippen molar-refractivity contribution in [2.75, 3.05) is 19.8 Å². The zero-order chi connectivity index (χ0) is 33.3. The van der Waals surface area contributed by atoms with E-state index in [-0.39, 0.29) is 13.2 Å². The first-order valence-corrected chi connectivity index (χ1v) is 21.0. The Morgan fingerprint density at radius 3 is 1.13 bits per heavy atom. The first kappa shape index (κ1) is 45.0. The average molecular weight is 664 g/mol. The Morgan fingerprint density at radius 2 is 0.844 bits per heavy atom. The second-order valence-electron chi connectivity index (χ2n) is 13.7. The number of nitrogens with two attached hydrogens (primary N) is 1.